The van der Waals surface area contributed by atoms with Gasteiger partial charge in [0.15, 0.2) is 0 Å². The smallest absolute Gasteiger partial charge is 0.270 e. The van der Waals surface area contributed by atoms with Crippen molar-refractivity contribution in [3.8, 4) is 0 Å². The zero-order chi connectivity index (χ0) is 11.0. The van der Waals surface area contributed by atoms with Gasteiger partial charge in [0, 0.05) is 36.7 Å². The Morgan fingerprint density at radius 1 is 1.33 bits per heavy atom. The van der Waals surface area contributed by atoms with E-state index in [-0.39, 0.29) is 11.0 Å². The number of nitrogens with zero attached hydrogens (tertiary/aromatic N) is 2. The molecular formula is C12H18N2O. The highest BCUT2D eigenvalue weighted by atomic mass is 16.1. The molecule has 0 amide bonds. The molecule has 82 valence electrons. The molecule has 2 bridgehead atoms. The Bertz CT molecular complexity index is 496. The number of aromatic nitrogens is 2. The minimum atomic E-state index is 0.149. The quantitative estimate of drug-likeness (QED) is 0.632. The lowest BCUT2D eigenvalue weighted by Crippen LogP contribution is -2.31. The van der Waals surface area contributed by atoms with E-state index in [2.05, 4.69) is 18.5 Å². The average Bonchev–Trinajstić information content (AvgIpc) is 2.70. The molecule has 3 atom stereocenters. The molecule has 2 aliphatic carbocycles. The molecule has 3 nitrogen and oxygen atoms in total. The number of hydrogen-bond donors (Lipinski definition) is 0. The van der Waals surface area contributed by atoms with Crippen LogP contribution in [0.2, 0.25) is 0 Å². The predicted octanol–water partition coefficient (Wildman–Crippen LogP) is 1.51. The van der Waals surface area contributed by atoms with Crippen molar-refractivity contribution in [2.24, 2.45) is 20.0 Å². The topological polar surface area (TPSA) is 26.9 Å². The normalized spacial score (nSPS) is 37.3. The molecule has 1 saturated carbocycles. The molecule has 3 heteroatoms. The lowest BCUT2D eigenvalue weighted by Gasteiger charge is -2.27. The van der Waals surface area contributed by atoms with Crippen molar-refractivity contribution in [3.63, 3.8) is 0 Å². The van der Waals surface area contributed by atoms with Crippen LogP contribution < -0.4 is 5.56 Å². The van der Waals surface area contributed by atoms with Crippen molar-refractivity contribution in [1.29, 1.82) is 0 Å². The minimum Gasteiger partial charge on any atom is -0.289 e. The van der Waals surface area contributed by atoms with Crippen molar-refractivity contribution >= 4 is 0 Å². The number of hydrogen-bond acceptors (Lipinski definition) is 1. The molecule has 3 rings (SSSR count). The largest absolute Gasteiger partial charge is 0.289 e. The number of fused-ring (bicyclic) bond motifs is 5. The van der Waals surface area contributed by atoms with Crippen LogP contribution in [0.4, 0.5) is 0 Å². The van der Waals surface area contributed by atoms with Crippen LogP contribution in [0.1, 0.15) is 43.9 Å². The van der Waals surface area contributed by atoms with Gasteiger partial charge in [-0.05, 0) is 18.8 Å². The molecular weight excluding hydrogens is 188 g/mol. The van der Waals surface area contributed by atoms with E-state index in [4.69, 9.17) is 0 Å². The van der Waals surface area contributed by atoms with Crippen molar-refractivity contribution in [2.45, 2.75) is 38.0 Å². The van der Waals surface area contributed by atoms with Gasteiger partial charge in [-0.25, -0.2) is 0 Å². The first-order chi connectivity index (χ1) is 6.97. The monoisotopic (exact) mass is 206 g/mol. The highest BCUT2D eigenvalue weighted by molar-refractivity contribution is 5.41. The van der Waals surface area contributed by atoms with Crippen LogP contribution in [0.25, 0.3) is 0 Å². The first-order valence-corrected chi connectivity index (χ1v) is 5.73. The zero-order valence-corrected chi connectivity index (χ0v) is 9.87. The molecule has 0 radical (unpaired) electrons. The highest BCUT2D eigenvalue weighted by Crippen LogP contribution is 2.58. The maximum Gasteiger partial charge on any atom is 0.270 e. The van der Waals surface area contributed by atoms with Gasteiger partial charge in [-0.15, -0.1) is 0 Å². The van der Waals surface area contributed by atoms with Crippen molar-refractivity contribution in [3.05, 3.63) is 21.6 Å². The average molecular weight is 206 g/mol. The van der Waals surface area contributed by atoms with Crippen LogP contribution in [0.5, 0.6) is 0 Å². The van der Waals surface area contributed by atoms with Gasteiger partial charge in [-0.1, -0.05) is 13.8 Å². The first-order valence-electron chi connectivity index (χ1n) is 5.73. The first kappa shape index (κ1) is 9.25. The van der Waals surface area contributed by atoms with E-state index in [0.29, 0.717) is 11.8 Å². The predicted molar refractivity (Wildman–Crippen MR) is 59.1 cm³/mol. The van der Waals surface area contributed by atoms with Crippen LogP contribution >= 0.6 is 0 Å². The summed E-state index contributed by atoms with van der Waals surface area (Å²) in [6.07, 6.45) is 2.43. The molecule has 0 saturated heterocycles. The van der Waals surface area contributed by atoms with E-state index in [1.807, 2.05) is 14.1 Å². The summed E-state index contributed by atoms with van der Waals surface area (Å²) in [7, 11) is 3.88. The fraction of sp³-hybridized carbons (Fsp3) is 0.750. The molecule has 1 aromatic heterocycles. The summed E-state index contributed by atoms with van der Waals surface area (Å²) in [5.74, 6) is 1.28. The summed E-state index contributed by atoms with van der Waals surface area (Å²) in [6, 6.07) is 0. The fourth-order valence-corrected chi connectivity index (χ4v) is 3.78. The Labute approximate surface area is 89.7 Å². The Kier molecular flexibility index (Phi) is 1.48. The standard InChI is InChI=1S/C12H18N2O/c1-7-5-8-6-12(7,2)9-10(8)13(3)14(4)11(9)15/h7-8H,5-6H2,1-4H3. The van der Waals surface area contributed by atoms with Crippen LogP contribution in [0.3, 0.4) is 0 Å². The van der Waals surface area contributed by atoms with Crippen LogP contribution in [-0.4, -0.2) is 9.36 Å². The summed E-state index contributed by atoms with van der Waals surface area (Å²) in [5.41, 5.74) is 2.79. The third kappa shape index (κ3) is 0.814. The minimum absolute atomic E-state index is 0.149. The van der Waals surface area contributed by atoms with Crippen molar-refractivity contribution < 1.29 is 0 Å². The van der Waals surface area contributed by atoms with Crippen molar-refractivity contribution in [2.75, 3.05) is 0 Å². The summed E-state index contributed by atoms with van der Waals surface area (Å²) in [6.45, 7) is 4.56. The zero-order valence-electron chi connectivity index (χ0n) is 9.87. The highest BCUT2D eigenvalue weighted by Gasteiger charge is 2.54. The molecule has 1 aromatic rings. The van der Waals surface area contributed by atoms with Crippen LogP contribution in [0, 0.1) is 5.92 Å². The van der Waals surface area contributed by atoms with E-state index in [1.54, 1.807) is 4.68 Å². The van der Waals surface area contributed by atoms with Crippen molar-refractivity contribution in [1.82, 2.24) is 9.36 Å². The molecule has 1 fully saturated rings. The van der Waals surface area contributed by atoms with Gasteiger partial charge in [0.25, 0.3) is 5.56 Å². The van der Waals surface area contributed by atoms with E-state index >= 15 is 0 Å². The van der Waals surface area contributed by atoms with Gasteiger partial charge in [-0.3, -0.25) is 14.2 Å². The third-order valence-electron chi connectivity index (χ3n) is 4.92. The SMILES string of the molecule is CC1CC2CC1(C)c1c2n(C)n(C)c1=O. The Balaban J connectivity index is 2.38. The molecule has 0 spiro atoms. The molecule has 2 aliphatic rings. The van der Waals surface area contributed by atoms with E-state index < -0.39 is 0 Å². The Morgan fingerprint density at radius 3 is 2.67 bits per heavy atom. The second-order valence-corrected chi connectivity index (χ2v) is 5.57. The van der Waals surface area contributed by atoms with E-state index in [0.717, 1.165) is 5.56 Å². The molecule has 3 unspecified atom stereocenters. The lowest BCUT2D eigenvalue weighted by molar-refractivity contribution is 0.368. The van der Waals surface area contributed by atoms with Gasteiger partial charge in [0.05, 0.1) is 0 Å². The molecule has 0 aliphatic heterocycles. The maximum absolute atomic E-state index is 12.2. The van der Waals surface area contributed by atoms with Crippen LogP contribution in [-0.2, 0) is 19.5 Å². The Hall–Kier alpha value is -0.990. The summed E-state index contributed by atoms with van der Waals surface area (Å²) < 4.78 is 3.81. The van der Waals surface area contributed by atoms with E-state index in [9.17, 15) is 4.79 Å². The Morgan fingerprint density at radius 2 is 2.00 bits per heavy atom. The summed E-state index contributed by atoms with van der Waals surface area (Å²) in [5, 5.41) is 0. The van der Waals surface area contributed by atoms with Gasteiger partial charge >= 0.3 is 0 Å². The van der Waals surface area contributed by atoms with Gasteiger partial charge in [-0.2, -0.15) is 0 Å². The molecule has 0 N–H and O–H groups in total. The third-order valence-corrected chi connectivity index (χ3v) is 4.92. The fourth-order valence-electron chi connectivity index (χ4n) is 3.78. The maximum atomic E-state index is 12.2. The summed E-state index contributed by atoms with van der Waals surface area (Å²) >= 11 is 0. The van der Waals surface area contributed by atoms with Gasteiger partial charge in [0.2, 0.25) is 0 Å². The second kappa shape index (κ2) is 2.39. The molecule has 15 heavy (non-hydrogen) atoms. The second-order valence-electron chi connectivity index (χ2n) is 5.57. The number of rotatable bonds is 0. The van der Waals surface area contributed by atoms with E-state index in [1.165, 1.54) is 18.5 Å². The molecule has 1 heterocycles. The summed E-state index contributed by atoms with van der Waals surface area (Å²) in [4.78, 5) is 12.2. The van der Waals surface area contributed by atoms with Gasteiger partial charge < -0.3 is 0 Å². The van der Waals surface area contributed by atoms with Gasteiger partial charge in [0.1, 0.15) is 0 Å². The molecule has 0 aromatic carbocycles. The lowest BCUT2D eigenvalue weighted by atomic mass is 9.76. The van der Waals surface area contributed by atoms with Crippen LogP contribution in [0.15, 0.2) is 4.79 Å².